The average molecular weight is 708 g/mol. The van der Waals surface area contributed by atoms with E-state index in [9.17, 15) is 14.4 Å². The maximum absolute atomic E-state index is 15.1. The number of piperazine rings is 1. The molecule has 1 N–H and O–H groups in total. The number of likely N-dealkylation sites (tertiary alicyclic amines) is 1. The highest BCUT2D eigenvalue weighted by Gasteiger charge is 2.51. The van der Waals surface area contributed by atoms with Gasteiger partial charge in [-0.15, -0.1) is 0 Å². The summed E-state index contributed by atoms with van der Waals surface area (Å²) < 4.78 is 5.94. The number of H-pyrrole nitrogens is 1. The summed E-state index contributed by atoms with van der Waals surface area (Å²) in [5.74, 6) is 0.418. The van der Waals surface area contributed by atoms with Crippen LogP contribution < -0.4 is 10.5 Å². The average Bonchev–Trinajstić information content (AvgIpc) is 3.91. The lowest BCUT2D eigenvalue weighted by Gasteiger charge is -2.41. The monoisotopic (exact) mass is 707 g/mol. The zero-order chi connectivity index (χ0) is 34.9. The van der Waals surface area contributed by atoms with Gasteiger partial charge in [-0.05, 0) is 81.7 Å². The fourth-order valence-corrected chi connectivity index (χ4v) is 8.99. The molecule has 0 unspecified atom stereocenters. The van der Waals surface area contributed by atoms with E-state index in [1.54, 1.807) is 6.07 Å². The van der Waals surface area contributed by atoms with Crippen molar-refractivity contribution in [3.8, 4) is 0 Å². The number of hydrogen-bond donors (Lipinski definition) is 1. The van der Waals surface area contributed by atoms with Crippen molar-refractivity contribution < 1.29 is 19.1 Å². The molecular formula is C37H50ClN7O5. The van der Waals surface area contributed by atoms with Gasteiger partial charge in [-0.2, -0.15) is 5.10 Å². The van der Waals surface area contributed by atoms with Crippen LogP contribution in [0, 0.1) is 11.8 Å². The van der Waals surface area contributed by atoms with Crippen molar-refractivity contribution in [2.24, 2.45) is 11.8 Å². The van der Waals surface area contributed by atoms with Crippen LogP contribution in [0.25, 0.3) is 0 Å². The highest BCUT2D eigenvalue weighted by Crippen LogP contribution is 2.40. The second kappa shape index (κ2) is 15.0. The minimum Gasteiger partial charge on any atom is -0.368 e. The molecule has 0 spiro atoms. The molecule has 2 aromatic rings. The van der Waals surface area contributed by atoms with Crippen LogP contribution >= 0.6 is 11.6 Å². The molecule has 1 saturated carbocycles. The van der Waals surface area contributed by atoms with E-state index in [2.05, 4.69) is 34.0 Å². The SMILES string of the molecule is CN1CCN(C(=O)[C@@H]2C[C@H](N(C(=O)[C@@H]3CCCO3)[C@H]3CC[C@@H](C)CC3)CN2C(=O)[C@@H]2CN(c3ccc(=O)[nH]n3)C[C@H]2c2ccc(Cl)cc2)CC1. The topological polar surface area (TPSA) is 122 Å². The van der Waals surface area contributed by atoms with Crippen LogP contribution in [0.4, 0.5) is 5.82 Å². The number of amides is 3. The van der Waals surface area contributed by atoms with Crippen molar-refractivity contribution in [1.29, 1.82) is 0 Å². The van der Waals surface area contributed by atoms with E-state index in [4.69, 9.17) is 16.3 Å². The van der Waals surface area contributed by atoms with E-state index in [0.717, 1.165) is 50.8 Å². The molecular weight excluding hydrogens is 658 g/mol. The zero-order valence-corrected chi connectivity index (χ0v) is 30.0. The van der Waals surface area contributed by atoms with Crippen LogP contribution in [0.1, 0.15) is 63.4 Å². The smallest absolute Gasteiger partial charge is 0.264 e. The van der Waals surface area contributed by atoms with E-state index in [0.29, 0.717) is 68.9 Å². The molecule has 4 aliphatic heterocycles. The standard InChI is InChI=1S/C37H50ClN7O5/c1-24-5-11-27(12-6-24)45(37(49)32-4-3-19-50-32)28-20-31(36(48)42-17-15-41(2)16-18-42)44(21-28)35(47)30-23-43(33-13-14-34(46)40-39-33)22-29(30)25-7-9-26(38)10-8-25/h7-10,13-14,24,27-32H,3-6,11-12,15-23H2,1-2H3,(H,40,46)/t24-,27+,28-,29-,30+,31-,32-/m0/s1. The Morgan fingerprint density at radius 1 is 0.900 bits per heavy atom. The highest BCUT2D eigenvalue weighted by atomic mass is 35.5. The van der Waals surface area contributed by atoms with E-state index in [-0.39, 0.29) is 41.3 Å². The molecule has 1 aromatic carbocycles. The molecule has 0 bridgehead atoms. The fourth-order valence-electron chi connectivity index (χ4n) is 8.86. The second-order valence-electron chi connectivity index (χ2n) is 15.1. The molecule has 0 radical (unpaired) electrons. The fraction of sp³-hybridized carbons (Fsp3) is 0.649. The summed E-state index contributed by atoms with van der Waals surface area (Å²) in [5, 5.41) is 7.41. The summed E-state index contributed by atoms with van der Waals surface area (Å²) in [4.78, 5) is 65.7. The third-order valence-electron chi connectivity index (χ3n) is 11.8. The Hall–Kier alpha value is -3.48. The molecule has 12 nitrogen and oxygen atoms in total. The van der Waals surface area contributed by atoms with Gasteiger partial charge in [-0.25, -0.2) is 5.10 Å². The first kappa shape index (κ1) is 34.9. The Kier molecular flexibility index (Phi) is 10.5. The summed E-state index contributed by atoms with van der Waals surface area (Å²) in [6.07, 6.45) is 5.47. The third-order valence-corrected chi connectivity index (χ3v) is 12.1. The molecule has 270 valence electrons. The van der Waals surface area contributed by atoms with E-state index in [1.807, 2.05) is 39.0 Å². The third kappa shape index (κ3) is 7.29. The summed E-state index contributed by atoms with van der Waals surface area (Å²) in [6.45, 7) is 6.84. The number of rotatable bonds is 7. The van der Waals surface area contributed by atoms with E-state index < -0.39 is 18.1 Å². The maximum atomic E-state index is 15.1. The number of benzene rings is 1. The first-order valence-corrected chi connectivity index (χ1v) is 18.8. The quantitative estimate of drug-likeness (QED) is 0.467. The van der Waals surface area contributed by atoms with Gasteiger partial charge in [0.2, 0.25) is 11.8 Å². The van der Waals surface area contributed by atoms with Gasteiger partial charge < -0.3 is 29.2 Å². The number of aromatic nitrogens is 2. The van der Waals surface area contributed by atoms with Gasteiger partial charge in [0.1, 0.15) is 18.0 Å². The summed E-state index contributed by atoms with van der Waals surface area (Å²) in [6, 6.07) is 9.84. The number of carbonyl (C=O) groups excluding carboxylic acids is 3. The van der Waals surface area contributed by atoms with Gasteiger partial charge >= 0.3 is 0 Å². The molecule has 5 atom stereocenters. The molecule has 1 aromatic heterocycles. The minimum atomic E-state index is -0.663. The van der Waals surface area contributed by atoms with Crippen molar-refractivity contribution in [2.75, 3.05) is 64.4 Å². The number of aromatic amines is 1. The van der Waals surface area contributed by atoms with Crippen LogP contribution in [0.2, 0.25) is 5.02 Å². The van der Waals surface area contributed by atoms with Gasteiger partial charge in [-0.1, -0.05) is 30.7 Å². The molecule has 5 fully saturated rings. The number of likely N-dealkylation sites (N-methyl/N-ethyl adjacent to an activating group) is 1. The van der Waals surface area contributed by atoms with Crippen molar-refractivity contribution in [2.45, 2.75) is 82.0 Å². The Balaban J connectivity index is 1.22. The predicted molar refractivity (Wildman–Crippen MR) is 190 cm³/mol. The van der Waals surface area contributed by atoms with Gasteiger partial charge in [-0.3, -0.25) is 19.2 Å². The van der Waals surface area contributed by atoms with Crippen LogP contribution in [-0.4, -0.2) is 131 Å². The minimum absolute atomic E-state index is 0.0161. The van der Waals surface area contributed by atoms with Crippen molar-refractivity contribution in [3.63, 3.8) is 0 Å². The lowest BCUT2D eigenvalue weighted by atomic mass is 9.85. The Bertz CT molecular complexity index is 1560. The largest absolute Gasteiger partial charge is 0.368 e. The molecule has 5 heterocycles. The Labute approximate surface area is 299 Å². The Morgan fingerprint density at radius 2 is 1.64 bits per heavy atom. The number of nitrogens with zero attached hydrogens (tertiary/aromatic N) is 6. The lowest BCUT2D eigenvalue weighted by Crippen LogP contribution is -2.54. The van der Waals surface area contributed by atoms with Gasteiger partial charge in [0.25, 0.3) is 11.5 Å². The number of halogens is 1. The van der Waals surface area contributed by atoms with E-state index >= 15 is 4.79 Å². The van der Waals surface area contributed by atoms with Crippen molar-refractivity contribution in [1.82, 2.24) is 29.8 Å². The zero-order valence-electron chi connectivity index (χ0n) is 29.2. The van der Waals surface area contributed by atoms with Crippen LogP contribution in [0.15, 0.2) is 41.2 Å². The summed E-state index contributed by atoms with van der Waals surface area (Å²) in [5.41, 5.74) is 0.682. The first-order chi connectivity index (χ1) is 24.2. The summed E-state index contributed by atoms with van der Waals surface area (Å²) >= 11 is 6.27. The Morgan fingerprint density at radius 3 is 2.30 bits per heavy atom. The number of anilines is 1. The van der Waals surface area contributed by atoms with Crippen LogP contribution in [0.5, 0.6) is 0 Å². The van der Waals surface area contributed by atoms with Gasteiger partial charge in [0.15, 0.2) is 0 Å². The number of carbonyl (C=O) groups is 3. The molecule has 4 saturated heterocycles. The van der Waals surface area contributed by atoms with Crippen molar-refractivity contribution >= 4 is 35.1 Å². The van der Waals surface area contributed by atoms with Crippen LogP contribution in [-0.2, 0) is 19.1 Å². The molecule has 13 heteroatoms. The summed E-state index contributed by atoms with van der Waals surface area (Å²) in [7, 11) is 2.06. The number of nitrogens with one attached hydrogen (secondary N) is 1. The van der Waals surface area contributed by atoms with Crippen molar-refractivity contribution in [3.05, 3.63) is 57.3 Å². The van der Waals surface area contributed by atoms with Gasteiger partial charge in [0, 0.05) is 75.5 Å². The predicted octanol–water partition coefficient (Wildman–Crippen LogP) is 2.97. The van der Waals surface area contributed by atoms with E-state index in [1.165, 1.54) is 6.07 Å². The highest BCUT2D eigenvalue weighted by molar-refractivity contribution is 6.30. The molecule has 3 amide bonds. The van der Waals surface area contributed by atoms with Gasteiger partial charge in [0.05, 0.1) is 12.0 Å². The maximum Gasteiger partial charge on any atom is 0.264 e. The molecule has 1 aliphatic carbocycles. The normalized spacial score (nSPS) is 30.5. The lowest BCUT2D eigenvalue weighted by molar-refractivity contribution is -0.148. The second-order valence-corrected chi connectivity index (χ2v) is 15.6. The molecule has 7 rings (SSSR count). The molecule has 50 heavy (non-hydrogen) atoms. The van der Waals surface area contributed by atoms with Crippen LogP contribution in [0.3, 0.4) is 0 Å². The number of ether oxygens (including phenoxy) is 1. The number of hydrogen-bond acceptors (Lipinski definition) is 8. The first-order valence-electron chi connectivity index (χ1n) is 18.4. The molecule has 5 aliphatic rings.